The van der Waals surface area contributed by atoms with E-state index in [-0.39, 0.29) is 6.04 Å². The highest BCUT2D eigenvalue weighted by Gasteiger charge is 2.30. The van der Waals surface area contributed by atoms with E-state index in [2.05, 4.69) is 42.0 Å². The molecule has 9 nitrogen and oxygen atoms in total. The molecule has 0 saturated heterocycles. The first-order chi connectivity index (χ1) is 16.1. The number of hydrogen-bond acceptors (Lipinski definition) is 8. The van der Waals surface area contributed by atoms with Crippen molar-refractivity contribution in [3.8, 4) is 5.69 Å². The number of aromatic nitrogens is 6. The van der Waals surface area contributed by atoms with E-state index >= 15 is 0 Å². The molecule has 1 aliphatic rings. The Balaban J connectivity index is 1.23. The second kappa shape index (κ2) is 8.22. The Morgan fingerprint density at radius 2 is 1.97 bits per heavy atom. The second-order valence-electron chi connectivity index (χ2n) is 8.42. The summed E-state index contributed by atoms with van der Waals surface area (Å²) in [7, 11) is 0. The van der Waals surface area contributed by atoms with E-state index in [1.807, 2.05) is 30.6 Å². The van der Waals surface area contributed by atoms with Gasteiger partial charge in [0.2, 0.25) is 0 Å². The highest BCUT2D eigenvalue weighted by atomic mass is 32.1. The quantitative estimate of drug-likeness (QED) is 0.369. The first-order valence-electron chi connectivity index (χ1n) is 11.0. The molecule has 1 saturated carbocycles. The fourth-order valence-electron chi connectivity index (χ4n) is 4.45. The number of nitrogens with one attached hydrogen (secondary N) is 1. The highest BCUT2D eigenvalue weighted by molar-refractivity contribution is 7.22. The Morgan fingerprint density at radius 3 is 2.85 bits per heavy atom. The van der Waals surface area contributed by atoms with Gasteiger partial charge in [-0.25, -0.2) is 9.97 Å². The van der Waals surface area contributed by atoms with Gasteiger partial charge in [-0.05, 0) is 43.0 Å². The molecule has 3 N–H and O–H groups in total. The summed E-state index contributed by atoms with van der Waals surface area (Å²) in [6, 6.07) is 10.0. The lowest BCUT2D eigenvalue weighted by Gasteiger charge is -2.32. The van der Waals surface area contributed by atoms with E-state index < -0.39 is 12.2 Å². The average Bonchev–Trinajstić information content (AvgIpc) is 3.56. The summed E-state index contributed by atoms with van der Waals surface area (Å²) in [6.07, 6.45) is 8.86. The minimum absolute atomic E-state index is 0.172. The molecule has 0 amide bonds. The first kappa shape index (κ1) is 20.3. The number of aliphatic hydroxyl groups excluding tert-OH is 2. The van der Waals surface area contributed by atoms with E-state index in [0.29, 0.717) is 6.42 Å². The fourth-order valence-corrected chi connectivity index (χ4v) is 5.44. The van der Waals surface area contributed by atoms with Crippen LogP contribution in [-0.2, 0) is 6.42 Å². The lowest BCUT2D eigenvalue weighted by atomic mass is 9.90. The van der Waals surface area contributed by atoms with E-state index in [1.54, 1.807) is 28.5 Å². The zero-order valence-electron chi connectivity index (χ0n) is 17.7. The van der Waals surface area contributed by atoms with Gasteiger partial charge in [-0.15, -0.1) is 0 Å². The van der Waals surface area contributed by atoms with Gasteiger partial charge in [-0.2, -0.15) is 15.0 Å². The van der Waals surface area contributed by atoms with Crippen LogP contribution in [0.5, 0.6) is 0 Å². The average molecular weight is 462 g/mol. The zero-order valence-corrected chi connectivity index (χ0v) is 18.6. The topological polar surface area (TPSA) is 113 Å². The first-order valence-corrected chi connectivity index (χ1v) is 11.8. The normalized spacial score (nSPS) is 21.1. The number of rotatable bonds is 5. The molecular weight excluding hydrogens is 438 g/mol. The molecule has 0 aliphatic heterocycles. The Bertz CT molecular complexity index is 1410. The SMILES string of the molecule is O[C@@H]1[C@H](O)CCC[C@H]1Nc1nc2ccc(Cc3cnc4cc(-n5nccn5)ccn34)cc2s1. The highest BCUT2D eigenvalue weighted by Crippen LogP contribution is 2.30. The molecule has 4 aromatic heterocycles. The van der Waals surface area contributed by atoms with Gasteiger partial charge in [0.05, 0.1) is 46.5 Å². The number of fused-ring (bicyclic) bond motifs is 2. The van der Waals surface area contributed by atoms with Crippen LogP contribution in [0.25, 0.3) is 21.6 Å². The van der Waals surface area contributed by atoms with Gasteiger partial charge in [0.15, 0.2) is 5.13 Å². The second-order valence-corrected chi connectivity index (χ2v) is 9.45. The van der Waals surface area contributed by atoms with Gasteiger partial charge in [-0.1, -0.05) is 17.4 Å². The molecule has 0 unspecified atom stereocenters. The van der Waals surface area contributed by atoms with E-state index in [1.165, 1.54) is 5.56 Å². The van der Waals surface area contributed by atoms with Crippen LogP contribution < -0.4 is 5.32 Å². The molecule has 10 heteroatoms. The van der Waals surface area contributed by atoms with Crippen LogP contribution in [0.3, 0.4) is 0 Å². The van der Waals surface area contributed by atoms with Crippen molar-refractivity contribution in [2.75, 3.05) is 5.32 Å². The Hall–Kier alpha value is -3.34. The maximum atomic E-state index is 10.3. The predicted molar refractivity (Wildman–Crippen MR) is 126 cm³/mol. The molecule has 168 valence electrons. The summed E-state index contributed by atoms with van der Waals surface area (Å²) in [5, 5.41) is 32.7. The van der Waals surface area contributed by atoms with Crippen molar-refractivity contribution in [3.05, 3.63) is 66.4 Å². The summed E-state index contributed by atoms with van der Waals surface area (Å²) in [5.74, 6) is 0. The molecule has 0 bridgehead atoms. The van der Waals surface area contributed by atoms with Crippen LogP contribution in [-0.4, -0.2) is 57.8 Å². The third-order valence-electron chi connectivity index (χ3n) is 6.19. The molecule has 5 aromatic rings. The van der Waals surface area contributed by atoms with Gasteiger partial charge in [0.25, 0.3) is 0 Å². The van der Waals surface area contributed by atoms with Crippen LogP contribution in [0.15, 0.2) is 55.1 Å². The maximum Gasteiger partial charge on any atom is 0.184 e. The number of benzene rings is 1. The van der Waals surface area contributed by atoms with Crippen LogP contribution in [0, 0.1) is 0 Å². The minimum Gasteiger partial charge on any atom is -0.390 e. The molecule has 0 spiro atoms. The molecule has 4 heterocycles. The van der Waals surface area contributed by atoms with Gasteiger partial charge in [-0.3, -0.25) is 0 Å². The summed E-state index contributed by atoms with van der Waals surface area (Å²) in [6.45, 7) is 0. The van der Waals surface area contributed by atoms with Crippen LogP contribution in [0.2, 0.25) is 0 Å². The molecular formula is C23H23N7O2S. The van der Waals surface area contributed by atoms with Gasteiger partial charge < -0.3 is 19.9 Å². The lowest BCUT2D eigenvalue weighted by molar-refractivity contribution is -0.0161. The monoisotopic (exact) mass is 461 g/mol. The third-order valence-corrected chi connectivity index (χ3v) is 7.14. The number of hydrogen-bond donors (Lipinski definition) is 3. The van der Waals surface area contributed by atoms with Crippen molar-refractivity contribution in [3.63, 3.8) is 0 Å². The Morgan fingerprint density at radius 1 is 1.09 bits per heavy atom. The van der Waals surface area contributed by atoms with Crippen molar-refractivity contribution in [1.29, 1.82) is 0 Å². The molecule has 0 radical (unpaired) electrons. The van der Waals surface area contributed by atoms with Crippen LogP contribution in [0.1, 0.15) is 30.5 Å². The number of pyridine rings is 1. The lowest BCUT2D eigenvalue weighted by Crippen LogP contribution is -2.45. The van der Waals surface area contributed by atoms with Crippen molar-refractivity contribution in [1.82, 2.24) is 29.4 Å². The molecule has 3 atom stereocenters. The number of anilines is 1. The summed E-state index contributed by atoms with van der Waals surface area (Å²) < 4.78 is 3.16. The van der Waals surface area contributed by atoms with Gasteiger partial charge in [0.1, 0.15) is 5.65 Å². The van der Waals surface area contributed by atoms with E-state index in [4.69, 9.17) is 0 Å². The zero-order chi connectivity index (χ0) is 22.4. The molecule has 1 fully saturated rings. The maximum absolute atomic E-state index is 10.3. The van der Waals surface area contributed by atoms with E-state index in [0.717, 1.165) is 51.6 Å². The minimum atomic E-state index is -0.763. The van der Waals surface area contributed by atoms with Crippen LogP contribution >= 0.6 is 11.3 Å². The molecule has 1 aromatic carbocycles. The Kier molecular flexibility index (Phi) is 5.05. The summed E-state index contributed by atoms with van der Waals surface area (Å²) in [5.41, 5.74) is 4.90. The smallest absolute Gasteiger partial charge is 0.184 e. The van der Waals surface area contributed by atoms with E-state index in [9.17, 15) is 10.2 Å². The summed E-state index contributed by atoms with van der Waals surface area (Å²) in [4.78, 5) is 10.8. The van der Waals surface area contributed by atoms with Crippen LogP contribution in [0.4, 0.5) is 5.13 Å². The number of thiazole rings is 1. The van der Waals surface area contributed by atoms with Crippen molar-refractivity contribution >= 4 is 32.3 Å². The van der Waals surface area contributed by atoms with Gasteiger partial charge >= 0.3 is 0 Å². The molecule has 6 rings (SSSR count). The summed E-state index contributed by atoms with van der Waals surface area (Å²) >= 11 is 1.57. The fraction of sp³-hybridized carbons (Fsp3) is 0.304. The van der Waals surface area contributed by atoms with Crippen molar-refractivity contribution in [2.24, 2.45) is 0 Å². The largest absolute Gasteiger partial charge is 0.390 e. The molecule has 1 aliphatic carbocycles. The van der Waals surface area contributed by atoms with Crippen molar-refractivity contribution in [2.45, 2.75) is 43.9 Å². The number of imidazole rings is 1. The number of aliphatic hydroxyl groups is 2. The van der Waals surface area contributed by atoms with Gasteiger partial charge in [0, 0.05) is 30.6 Å². The third kappa shape index (κ3) is 3.86. The predicted octanol–water partition coefficient (Wildman–Crippen LogP) is 2.80. The van der Waals surface area contributed by atoms with Crippen molar-refractivity contribution < 1.29 is 10.2 Å². The standard InChI is InChI=1S/C23H23N7O2S/c31-19-3-1-2-18(22(19)32)28-23-27-17-5-4-14(11-20(17)33-23)10-16-13-24-21-12-15(6-9-29(16)21)30-25-7-8-26-30/h4-9,11-13,18-19,22,31-32H,1-3,10H2,(H,27,28)/t18-,19-,22+/m1/s1. The molecule has 33 heavy (non-hydrogen) atoms. The number of nitrogens with zero attached hydrogens (tertiary/aromatic N) is 6. The Labute approximate surface area is 193 Å².